The van der Waals surface area contributed by atoms with E-state index in [1.807, 2.05) is 0 Å². The lowest BCUT2D eigenvalue weighted by molar-refractivity contribution is 0.0280. The summed E-state index contributed by atoms with van der Waals surface area (Å²) in [5, 5.41) is 8.05. The molecule has 0 amide bonds. The molecule has 0 spiro atoms. The van der Waals surface area contributed by atoms with E-state index in [9.17, 15) is 0 Å². The van der Waals surface area contributed by atoms with E-state index in [0.717, 1.165) is 30.6 Å². The van der Waals surface area contributed by atoms with Gasteiger partial charge in [0.05, 0.1) is 17.9 Å². The third kappa shape index (κ3) is 1.55. The van der Waals surface area contributed by atoms with Crippen molar-refractivity contribution >= 4 is 11.3 Å². The standard InChI is InChI=1S/C12H18N2OS/c1-2-3-6-14-11-9-5-4-8(15-9)7-10(11)16-12(14)13/h8-9,13H,2-7H2,1H3. The van der Waals surface area contributed by atoms with E-state index in [2.05, 4.69) is 11.5 Å². The molecule has 0 aliphatic carbocycles. The minimum Gasteiger partial charge on any atom is -0.368 e. The molecule has 2 unspecified atom stereocenters. The van der Waals surface area contributed by atoms with Crippen molar-refractivity contribution in [3.05, 3.63) is 15.4 Å². The maximum atomic E-state index is 8.05. The number of nitrogens with one attached hydrogen (secondary N) is 1. The Bertz CT molecular complexity index is 448. The van der Waals surface area contributed by atoms with E-state index in [1.54, 1.807) is 11.3 Å². The highest BCUT2D eigenvalue weighted by Gasteiger charge is 2.36. The van der Waals surface area contributed by atoms with Crippen molar-refractivity contribution in [2.45, 2.75) is 57.8 Å². The van der Waals surface area contributed by atoms with Crippen molar-refractivity contribution < 1.29 is 4.74 Å². The van der Waals surface area contributed by atoms with Crippen molar-refractivity contribution in [2.24, 2.45) is 0 Å². The first-order valence-electron chi connectivity index (χ1n) is 6.22. The van der Waals surface area contributed by atoms with Gasteiger partial charge in [-0.25, -0.2) is 0 Å². The third-order valence-corrected chi connectivity index (χ3v) is 4.64. The Hall–Kier alpha value is -0.610. The lowest BCUT2D eigenvalue weighted by Gasteiger charge is -2.22. The predicted molar refractivity (Wildman–Crippen MR) is 63.6 cm³/mol. The fourth-order valence-corrected chi connectivity index (χ4v) is 3.93. The summed E-state index contributed by atoms with van der Waals surface area (Å²) in [6, 6.07) is 0. The molecule has 0 radical (unpaired) electrons. The highest BCUT2D eigenvalue weighted by atomic mass is 32.1. The van der Waals surface area contributed by atoms with Crippen LogP contribution in [0, 0.1) is 5.41 Å². The molecule has 0 aromatic carbocycles. The molecular weight excluding hydrogens is 220 g/mol. The number of thiazole rings is 1. The number of hydrogen-bond donors (Lipinski definition) is 1. The van der Waals surface area contributed by atoms with Crippen molar-refractivity contribution in [3.63, 3.8) is 0 Å². The average Bonchev–Trinajstić information content (AvgIpc) is 2.79. The molecule has 2 aliphatic heterocycles. The second kappa shape index (κ2) is 4.00. The third-order valence-electron chi connectivity index (χ3n) is 3.60. The summed E-state index contributed by atoms with van der Waals surface area (Å²) in [4.78, 5) is 2.13. The molecule has 2 aliphatic rings. The molecular formula is C12H18N2OS. The number of hydrogen-bond acceptors (Lipinski definition) is 3. The van der Waals surface area contributed by atoms with Gasteiger partial charge in [0.1, 0.15) is 0 Å². The maximum Gasteiger partial charge on any atom is 0.182 e. The highest BCUT2D eigenvalue weighted by molar-refractivity contribution is 7.09. The van der Waals surface area contributed by atoms with Crippen LogP contribution >= 0.6 is 11.3 Å². The molecule has 16 heavy (non-hydrogen) atoms. The fourth-order valence-electron chi connectivity index (χ4n) is 2.79. The Labute approximate surface area is 99.6 Å². The Morgan fingerprint density at radius 3 is 3.19 bits per heavy atom. The number of fused-ring (bicyclic) bond motifs is 4. The van der Waals surface area contributed by atoms with E-state index >= 15 is 0 Å². The summed E-state index contributed by atoms with van der Waals surface area (Å²) in [5.41, 5.74) is 1.33. The summed E-state index contributed by atoms with van der Waals surface area (Å²) < 4.78 is 8.15. The molecule has 0 saturated carbocycles. The summed E-state index contributed by atoms with van der Waals surface area (Å²) in [7, 11) is 0. The zero-order valence-corrected chi connectivity index (χ0v) is 10.5. The second-order valence-electron chi connectivity index (χ2n) is 4.75. The SMILES string of the molecule is CCCCn1c2c(sc1=N)CC1CCC2O1. The summed E-state index contributed by atoms with van der Waals surface area (Å²) in [6.07, 6.45) is 6.48. The average molecular weight is 238 g/mol. The van der Waals surface area contributed by atoms with Gasteiger partial charge in [-0.2, -0.15) is 0 Å². The van der Waals surface area contributed by atoms with Crippen LogP contribution in [0.3, 0.4) is 0 Å². The van der Waals surface area contributed by atoms with Crippen LogP contribution in [0.4, 0.5) is 0 Å². The van der Waals surface area contributed by atoms with Gasteiger partial charge in [-0.15, -0.1) is 11.3 Å². The van der Waals surface area contributed by atoms with E-state index in [1.165, 1.54) is 23.4 Å². The number of unbranched alkanes of at least 4 members (excludes halogenated alkanes) is 1. The highest BCUT2D eigenvalue weighted by Crippen LogP contribution is 2.41. The van der Waals surface area contributed by atoms with Crippen molar-refractivity contribution in [1.82, 2.24) is 4.57 Å². The van der Waals surface area contributed by atoms with Crippen LogP contribution in [-0.4, -0.2) is 10.7 Å². The Balaban J connectivity index is 1.99. The van der Waals surface area contributed by atoms with Crippen LogP contribution < -0.4 is 4.80 Å². The number of aromatic nitrogens is 1. The van der Waals surface area contributed by atoms with Gasteiger partial charge in [0, 0.05) is 17.8 Å². The van der Waals surface area contributed by atoms with Gasteiger partial charge >= 0.3 is 0 Å². The molecule has 3 rings (SSSR count). The van der Waals surface area contributed by atoms with Crippen LogP contribution in [0.15, 0.2) is 0 Å². The van der Waals surface area contributed by atoms with Crippen molar-refractivity contribution in [1.29, 1.82) is 5.41 Å². The first kappa shape index (κ1) is 10.5. The first-order valence-corrected chi connectivity index (χ1v) is 7.03. The van der Waals surface area contributed by atoms with Gasteiger partial charge in [0.2, 0.25) is 0 Å². The van der Waals surface area contributed by atoms with Gasteiger partial charge in [-0.3, -0.25) is 5.41 Å². The minimum absolute atomic E-state index is 0.293. The number of ether oxygens (including phenoxy) is 1. The van der Waals surface area contributed by atoms with Gasteiger partial charge in [0.15, 0.2) is 4.80 Å². The molecule has 2 atom stereocenters. The zero-order valence-electron chi connectivity index (χ0n) is 9.66. The normalized spacial score (nSPS) is 27.1. The summed E-state index contributed by atoms with van der Waals surface area (Å²) in [6.45, 7) is 3.19. The number of rotatable bonds is 3. The van der Waals surface area contributed by atoms with E-state index in [0.29, 0.717) is 12.2 Å². The molecule has 1 N–H and O–H groups in total. The van der Waals surface area contributed by atoms with Crippen LogP contribution in [0.5, 0.6) is 0 Å². The summed E-state index contributed by atoms with van der Waals surface area (Å²) >= 11 is 1.66. The largest absolute Gasteiger partial charge is 0.368 e. The Kier molecular flexibility index (Phi) is 2.64. The summed E-state index contributed by atoms with van der Waals surface area (Å²) in [5.74, 6) is 0. The van der Waals surface area contributed by atoms with Gasteiger partial charge < -0.3 is 9.30 Å². The van der Waals surface area contributed by atoms with E-state index in [4.69, 9.17) is 10.1 Å². The molecule has 3 nitrogen and oxygen atoms in total. The maximum absolute atomic E-state index is 8.05. The molecule has 4 heteroatoms. The molecule has 1 aromatic rings. The Morgan fingerprint density at radius 1 is 1.50 bits per heavy atom. The first-order chi connectivity index (χ1) is 7.79. The topological polar surface area (TPSA) is 38.0 Å². The quantitative estimate of drug-likeness (QED) is 0.863. The lowest BCUT2D eigenvalue weighted by Crippen LogP contribution is -2.22. The molecule has 1 saturated heterocycles. The van der Waals surface area contributed by atoms with Crippen molar-refractivity contribution in [3.8, 4) is 0 Å². The lowest BCUT2D eigenvalue weighted by atomic mass is 10.1. The molecule has 2 bridgehead atoms. The second-order valence-corrected chi connectivity index (χ2v) is 5.83. The van der Waals surface area contributed by atoms with Crippen LogP contribution in [-0.2, 0) is 17.7 Å². The molecule has 1 fully saturated rings. The van der Waals surface area contributed by atoms with Crippen molar-refractivity contribution in [2.75, 3.05) is 0 Å². The zero-order chi connectivity index (χ0) is 11.1. The van der Waals surface area contributed by atoms with Gasteiger partial charge in [-0.05, 0) is 19.3 Å². The molecule has 1 aromatic heterocycles. The number of nitrogens with zero attached hydrogens (tertiary/aromatic N) is 1. The van der Waals surface area contributed by atoms with Crippen LogP contribution in [0.2, 0.25) is 0 Å². The van der Waals surface area contributed by atoms with Crippen LogP contribution in [0.1, 0.15) is 49.3 Å². The Morgan fingerprint density at radius 2 is 2.38 bits per heavy atom. The fraction of sp³-hybridized carbons (Fsp3) is 0.750. The van der Waals surface area contributed by atoms with Crippen LogP contribution in [0.25, 0.3) is 0 Å². The van der Waals surface area contributed by atoms with Gasteiger partial charge in [-0.1, -0.05) is 13.3 Å². The smallest absolute Gasteiger partial charge is 0.182 e. The minimum atomic E-state index is 0.293. The van der Waals surface area contributed by atoms with Gasteiger partial charge in [0.25, 0.3) is 0 Å². The monoisotopic (exact) mass is 238 g/mol. The van der Waals surface area contributed by atoms with E-state index in [-0.39, 0.29) is 0 Å². The molecule has 3 heterocycles. The molecule has 88 valence electrons. The predicted octanol–water partition coefficient (Wildman–Crippen LogP) is 2.61. The van der Waals surface area contributed by atoms with E-state index < -0.39 is 0 Å².